The molecule has 0 unspecified atom stereocenters. The Morgan fingerprint density at radius 3 is 2.46 bits per heavy atom. The third-order valence-electron chi connectivity index (χ3n) is 4.33. The van der Waals surface area contributed by atoms with Gasteiger partial charge in [0.2, 0.25) is 10.0 Å². The molecule has 0 saturated carbocycles. The Hall–Kier alpha value is -2.29. The monoisotopic (exact) mass is 424 g/mol. The molecular formula is C19H21ClN2O5S. The molecule has 2 aromatic rings. The summed E-state index contributed by atoms with van der Waals surface area (Å²) in [6.45, 7) is 0.768. The summed E-state index contributed by atoms with van der Waals surface area (Å²) in [4.78, 5) is 12.4. The Morgan fingerprint density at radius 2 is 1.82 bits per heavy atom. The Morgan fingerprint density at radius 1 is 1.14 bits per heavy atom. The van der Waals surface area contributed by atoms with Crippen LogP contribution >= 0.6 is 11.6 Å². The van der Waals surface area contributed by atoms with Crippen LogP contribution in [0.1, 0.15) is 12.8 Å². The molecule has 0 bridgehead atoms. The van der Waals surface area contributed by atoms with Crippen LogP contribution in [0.15, 0.2) is 47.4 Å². The molecule has 1 amide bonds. The normalized spacial score (nSPS) is 14.6. The summed E-state index contributed by atoms with van der Waals surface area (Å²) in [5.74, 6) is 0.418. The van der Waals surface area contributed by atoms with Gasteiger partial charge in [0, 0.05) is 18.1 Å². The van der Waals surface area contributed by atoms with Gasteiger partial charge < -0.3 is 14.8 Å². The van der Waals surface area contributed by atoms with Gasteiger partial charge in [-0.2, -0.15) is 4.31 Å². The number of sulfonamides is 1. The number of halogens is 1. The summed E-state index contributed by atoms with van der Waals surface area (Å²) in [5, 5.41) is 3.22. The van der Waals surface area contributed by atoms with Crippen LogP contribution in [-0.4, -0.2) is 45.4 Å². The van der Waals surface area contributed by atoms with Crippen molar-refractivity contribution in [2.75, 3.05) is 32.1 Å². The first-order valence-corrected chi connectivity index (χ1v) is 10.6. The lowest BCUT2D eigenvalue weighted by Gasteiger charge is -2.17. The van der Waals surface area contributed by atoms with E-state index in [1.54, 1.807) is 24.3 Å². The molecule has 1 fully saturated rings. The van der Waals surface area contributed by atoms with E-state index in [-0.39, 0.29) is 17.2 Å². The van der Waals surface area contributed by atoms with Crippen LogP contribution < -0.4 is 14.8 Å². The van der Waals surface area contributed by atoms with E-state index in [1.165, 1.54) is 29.6 Å². The first-order valence-electron chi connectivity index (χ1n) is 8.76. The number of methoxy groups -OCH3 is 1. The molecule has 1 N–H and O–H groups in total. The number of anilines is 1. The SMILES string of the molecule is COc1ccc(S(=O)(=O)N2CCCC2)cc1NC(=O)COc1ccc(Cl)cc1. The minimum absolute atomic E-state index is 0.115. The Labute approximate surface area is 169 Å². The van der Waals surface area contributed by atoms with E-state index in [4.69, 9.17) is 21.1 Å². The molecule has 1 heterocycles. The maximum absolute atomic E-state index is 12.7. The van der Waals surface area contributed by atoms with Crippen molar-refractivity contribution in [3.8, 4) is 11.5 Å². The zero-order chi connectivity index (χ0) is 20.1. The lowest BCUT2D eigenvalue weighted by molar-refractivity contribution is -0.118. The predicted octanol–water partition coefficient (Wildman–Crippen LogP) is 3.15. The lowest BCUT2D eigenvalue weighted by atomic mass is 10.3. The number of nitrogens with one attached hydrogen (secondary N) is 1. The number of hydrogen-bond acceptors (Lipinski definition) is 5. The summed E-state index contributed by atoms with van der Waals surface area (Å²) in [7, 11) is -2.15. The topological polar surface area (TPSA) is 84.9 Å². The van der Waals surface area contributed by atoms with Gasteiger partial charge in [-0.15, -0.1) is 0 Å². The van der Waals surface area contributed by atoms with E-state index >= 15 is 0 Å². The summed E-state index contributed by atoms with van der Waals surface area (Å²) in [5.41, 5.74) is 0.271. The predicted molar refractivity (Wildman–Crippen MR) is 107 cm³/mol. The quantitative estimate of drug-likeness (QED) is 0.738. The van der Waals surface area contributed by atoms with Crippen LogP contribution in [0, 0.1) is 0 Å². The van der Waals surface area contributed by atoms with Crippen LogP contribution in [0.4, 0.5) is 5.69 Å². The van der Waals surface area contributed by atoms with Crippen LogP contribution in [0.25, 0.3) is 0 Å². The van der Waals surface area contributed by atoms with E-state index in [2.05, 4.69) is 5.32 Å². The Balaban J connectivity index is 1.72. The van der Waals surface area contributed by atoms with E-state index in [1.807, 2.05) is 0 Å². The molecule has 0 aliphatic carbocycles. The zero-order valence-corrected chi connectivity index (χ0v) is 16.9. The standard InChI is InChI=1S/C19H21ClN2O5S/c1-26-18-9-8-16(28(24,25)22-10-2-3-11-22)12-17(18)21-19(23)13-27-15-6-4-14(20)5-7-15/h4-9,12H,2-3,10-11,13H2,1H3,(H,21,23). The molecule has 2 aromatic carbocycles. The fourth-order valence-corrected chi connectivity index (χ4v) is 4.56. The summed E-state index contributed by atoms with van der Waals surface area (Å²) in [6, 6.07) is 11.0. The molecule has 150 valence electrons. The van der Waals surface area contributed by atoms with Gasteiger partial charge in [0.05, 0.1) is 17.7 Å². The van der Waals surface area contributed by atoms with Crippen LogP contribution in [-0.2, 0) is 14.8 Å². The second kappa shape index (κ2) is 8.81. The third kappa shape index (κ3) is 4.76. The fraction of sp³-hybridized carbons (Fsp3) is 0.316. The fourth-order valence-electron chi connectivity index (χ4n) is 2.89. The molecule has 1 aliphatic heterocycles. The van der Waals surface area contributed by atoms with Crippen LogP contribution in [0.2, 0.25) is 5.02 Å². The number of hydrogen-bond donors (Lipinski definition) is 1. The lowest BCUT2D eigenvalue weighted by Crippen LogP contribution is -2.28. The average Bonchev–Trinajstić information content (AvgIpc) is 3.23. The number of carbonyl (C=O) groups excluding carboxylic acids is 1. The van der Waals surface area contributed by atoms with Gasteiger partial charge >= 0.3 is 0 Å². The highest BCUT2D eigenvalue weighted by atomic mass is 35.5. The zero-order valence-electron chi connectivity index (χ0n) is 15.4. The van der Waals surface area contributed by atoms with Crippen molar-refractivity contribution in [1.29, 1.82) is 0 Å². The number of rotatable bonds is 7. The van der Waals surface area contributed by atoms with Crippen molar-refractivity contribution in [3.63, 3.8) is 0 Å². The van der Waals surface area contributed by atoms with E-state index in [9.17, 15) is 13.2 Å². The Bertz CT molecular complexity index is 941. The molecule has 0 aromatic heterocycles. The number of benzene rings is 2. The Kier molecular flexibility index (Phi) is 6.43. The second-order valence-corrected chi connectivity index (χ2v) is 8.64. The second-order valence-electron chi connectivity index (χ2n) is 6.26. The van der Waals surface area contributed by atoms with Gasteiger partial charge in [0.1, 0.15) is 11.5 Å². The van der Waals surface area contributed by atoms with Gasteiger partial charge in [0.25, 0.3) is 5.91 Å². The average molecular weight is 425 g/mol. The van der Waals surface area contributed by atoms with Gasteiger partial charge in [0.15, 0.2) is 6.61 Å². The largest absolute Gasteiger partial charge is 0.495 e. The molecule has 28 heavy (non-hydrogen) atoms. The van der Waals surface area contributed by atoms with Crippen molar-refractivity contribution in [3.05, 3.63) is 47.5 Å². The molecule has 0 spiro atoms. The van der Waals surface area contributed by atoms with E-state index < -0.39 is 15.9 Å². The highest BCUT2D eigenvalue weighted by molar-refractivity contribution is 7.89. The minimum Gasteiger partial charge on any atom is -0.495 e. The van der Waals surface area contributed by atoms with Crippen molar-refractivity contribution >= 4 is 33.2 Å². The van der Waals surface area contributed by atoms with E-state index in [0.717, 1.165) is 12.8 Å². The summed E-state index contributed by atoms with van der Waals surface area (Å²) < 4.78 is 37.6. The van der Waals surface area contributed by atoms with Crippen LogP contribution in [0.3, 0.4) is 0 Å². The highest BCUT2D eigenvalue weighted by Gasteiger charge is 2.28. The molecule has 1 aliphatic rings. The number of amides is 1. The number of ether oxygens (including phenoxy) is 2. The number of nitrogens with zero attached hydrogens (tertiary/aromatic N) is 1. The van der Waals surface area contributed by atoms with Crippen molar-refractivity contribution in [1.82, 2.24) is 4.31 Å². The smallest absolute Gasteiger partial charge is 0.262 e. The first kappa shape index (κ1) is 20.4. The maximum Gasteiger partial charge on any atom is 0.262 e. The van der Waals surface area contributed by atoms with Gasteiger partial charge in [-0.05, 0) is 55.3 Å². The molecule has 9 heteroatoms. The highest BCUT2D eigenvalue weighted by Crippen LogP contribution is 2.30. The van der Waals surface area contributed by atoms with Gasteiger partial charge in [-0.3, -0.25) is 4.79 Å². The first-order chi connectivity index (χ1) is 13.4. The minimum atomic E-state index is -3.60. The van der Waals surface area contributed by atoms with Gasteiger partial charge in [-0.1, -0.05) is 11.6 Å². The van der Waals surface area contributed by atoms with Crippen molar-refractivity contribution in [2.24, 2.45) is 0 Å². The third-order valence-corrected chi connectivity index (χ3v) is 6.48. The molecule has 1 saturated heterocycles. The molecule has 7 nitrogen and oxygen atoms in total. The number of carbonyl (C=O) groups is 1. The summed E-state index contributed by atoms with van der Waals surface area (Å²) in [6.07, 6.45) is 1.70. The van der Waals surface area contributed by atoms with Gasteiger partial charge in [-0.25, -0.2) is 8.42 Å². The molecular weight excluding hydrogens is 404 g/mol. The molecule has 3 rings (SSSR count). The summed E-state index contributed by atoms with van der Waals surface area (Å²) >= 11 is 5.81. The molecule has 0 radical (unpaired) electrons. The molecule has 0 atom stereocenters. The van der Waals surface area contributed by atoms with Crippen LogP contribution in [0.5, 0.6) is 11.5 Å². The van der Waals surface area contributed by atoms with Crippen molar-refractivity contribution in [2.45, 2.75) is 17.7 Å². The van der Waals surface area contributed by atoms with Crippen molar-refractivity contribution < 1.29 is 22.7 Å². The maximum atomic E-state index is 12.7. The van der Waals surface area contributed by atoms with E-state index in [0.29, 0.717) is 29.6 Å².